The summed E-state index contributed by atoms with van der Waals surface area (Å²) in [6.45, 7) is 3.52. The Morgan fingerprint density at radius 1 is 1.45 bits per heavy atom. The quantitative estimate of drug-likeness (QED) is 0.800. The van der Waals surface area contributed by atoms with Crippen molar-refractivity contribution in [3.05, 3.63) is 41.1 Å². The van der Waals surface area contributed by atoms with Crippen molar-refractivity contribution in [2.75, 3.05) is 0 Å². The van der Waals surface area contributed by atoms with Crippen LogP contribution in [0, 0.1) is 6.92 Å². The highest BCUT2D eigenvalue weighted by molar-refractivity contribution is 7.13. The van der Waals surface area contributed by atoms with Gasteiger partial charge >= 0.3 is 0 Å². The molecule has 6 nitrogen and oxygen atoms in total. The van der Waals surface area contributed by atoms with E-state index in [0.29, 0.717) is 18.5 Å². The molecule has 0 aromatic carbocycles. The third kappa shape index (κ3) is 2.69. The summed E-state index contributed by atoms with van der Waals surface area (Å²) in [5.41, 5.74) is 0.934. The molecular weight excluding hydrogens is 298 g/mol. The van der Waals surface area contributed by atoms with Gasteiger partial charge in [0.2, 0.25) is 5.89 Å². The van der Waals surface area contributed by atoms with Crippen LogP contribution in [0.2, 0.25) is 0 Å². The van der Waals surface area contributed by atoms with Gasteiger partial charge in [0.1, 0.15) is 17.9 Å². The Hall–Kier alpha value is -1.99. The highest BCUT2D eigenvalue weighted by Crippen LogP contribution is 2.23. The molecule has 1 aliphatic heterocycles. The summed E-state index contributed by atoms with van der Waals surface area (Å²) < 4.78 is 7.55. The molecular formula is C15H17N5OS. The lowest BCUT2D eigenvalue weighted by atomic mass is 10.1. The minimum Gasteiger partial charge on any atom is -0.444 e. The van der Waals surface area contributed by atoms with Gasteiger partial charge in [-0.25, -0.2) is 14.6 Å². The zero-order chi connectivity index (χ0) is 14.9. The van der Waals surface area contributed by atoms with E-state index in [1.165, 1.54) is 0 Å². The van der Waals surface area contributed by atoms with Crippen molar-refractivity contribution >= 4 is 11.3 Å². The fourth-order valence-electron chi connectivity index (χ4n) is 2.75. The molecule has 1 N–H and O–H groups in total. The first-order valence-corrected chi connectivity index (χ1v) is 8.28. The van der Waals surface area contributed by atoms with Gasteiger partial charge in [-0.1, -0.05) is 6.07 Å². The maximum atomic E-state index is 5.54. The van der Waals surface area contributed by atoms with Gasteiger partial charge in [-0.2, -0.15) is 5.10 Å². The topological polar surface area (TPSA) is 68.8 Å². The van der Waals surface area contributed by atoms with Crippen LogP contribution in [0.1, 0.15) is 23.8 Å². The molecule has 0 aliphatic carbocycles. The minimum atomic E-state index is 0.399. The number of nitrogens with zero attached hydrogens (tertiary/aromatic N) is 4. The summed E-state index contributed by atoms with van der Waals surface area (Å²) in [4.78, 5) is 10.0. The summed E-state index contributed by atoms with van der Waals surface area (Å²) >= 11 is 1.63. The van der Waals surface area contributed by atoms with E-state index in [1.54, 1.807) is 17.6 Å². The van der Waals surface area contributed by atoms with Gasteiger partial charge < -0.3 is 9.73 Å². The lowest BCUT2D eigenvalue weighted by Gasteiger charge is -2.23. The number of thiophene rings is 1. The Morgan fingerprint density at radius 3 is 3.27 bits per heavy atom. The van der Waals surface area contributed by atoms with Crippen molar-refractivity contribution in [2.45, 2.75) is 38.9 Å². The van der Waals surface area contributed by atoms with E-state index < -0.39 is 0 Å². The molecule has 7 heteroatoms. The predicted molar refractivity (Wildman–Crippen MR) is 83.5 cm³/mol. The Kier molecular flexibility index (Phi) is 3.51. The van der Waals surface area contributed by atoms with Crippen LogP contribution in [0.3, 0.4) is 0 Å². The molecule has 0 saturated carbocycles. The number of hydrogen-bond donors (Lipinski definition) is 1. The number of aromatic nitrogens is 4. The Bertz CT molecular complexity index is 761. The first kappa shape index (κ1) is 13.7. The average molecular weight is 315 g/mol. The van der Waals surface area contributed by atoms with Gasteiger partial charge in [0.05, 0.1) is 17.1 Å². The molecule has 0 fully saturated rings. The van der Waals surface area contributed by atoms with E-state index >= 15 is 0 Å². The Morgan fingerprint density at radius 2 is 2.41 bits per heavy atom. The van der Waals surface area contributed by atoms with Crippen LogP contribution in [-0.2, 0) is 19.5 Å². The van der Waals surface area contributed by atoms with Crippen LogP contribution in [-0.4, -0.2) is 25.8 Å². The molecule has 22 heavy (non-hydrogen) atoms. The molecule has 0 spiro atoms. The van der Waals surface area contributed by atoms with Crippen molar-refractivity contribution in [1.29, 1.82) is 0 Å². The average Bonchev–Trinajstić information content (AvgIpc) is 3.23. The molecule has 4 heterocycles. The highest BCUT2D eigenvalue weighted by Gasteiger charge is 2.20. The SMILES string of the molecule is Cc1nc2n(n1)C[C@@H](NCc1coc(-c3cccs3)n1)CC2. The largest absolute Gasteiger partial charge is 0.444 e. The maximum absolute atomic E-state index is 5.54. The van der Waals surface area contributed by atoms with Gasteiger partial charge in [0, 0.05) is 19.0 Å². The van der Waals surface area contributed by atoms with Crippen molar-refractivity contribution < 1.29 is 4.42 Å². The molecule has 0 radical (unpaired) electrons. The maximum Gasteiger partial charge on any atom is 0.236 e. The van der Waals surface area contributed by atoms with E-state index in [-0.39, 0.29) is 0 Å². The van der Waals surface area contributed by atoms with Crippen molar-refractivity contribution in [3.63, 3.8) is 0 Å². The van der Waals surface area contributed by atoms with Gasteiger partial charge in [0.25, 0.3) is 0 Å². The zero-order valence-corrected chi connectivity index (χ0v) is 13.1. The molecule has 3 aromatic heterocycles. The van der Waals surface area contributed by atoms with Gasteiger partial charge in [0.15, 0.2) is 0 Å². The fourth-order valence-corrected chi connectivity index (χ4v) is 3.41. The second kappa shape index (κ2) is 5.66. The van der Waals surface area contributed by atoms with Crippen molar-refractivity contribution in [3.8, 4) is 10.8 Å². The number of fused-ring (bicyclic) bond motifs is 1. The molecule has 0 bridgehead atoms. The number of rotatable bonds is 4. The van der Waals surface area contributed by atoms with E-state index in [2.05, 4.69) is 20.4 Å². The van der Waals surface area contributed by atoms with Crippen LogP contribution < -0.4 is 5.32 Å². The monoisotopic (exact) mass is 315 g/mol. The normalized spacial score (nSPS) is 17.6. The summed E-state index contributed by atoms with van der Waals surface area (Å²) in [6, 6.07) is 4.42. The number of aryl methyl sites for hydroxylation is 2. The van der Waals surface area contributed by atoms with Crippen LogP contribution in [0.25, 0.3) is 10.8 Å². The second-order valence-electron chi connectivity index (χ2n) is 5.50. The number of oxazole rings is 1. The molecule has 0 saturated heterocycles. The lowest BCUT2D eigenvalue weighted by Crippen LogP contribution is -2.37. The third-order valence-corrected chi connectivity index (χ3v) is 4.68. The van der Waals surface area contributed by atoms with Gasteiger partial charge in [-0.3, -0.25) is 0 Å². The van der Waals surface area contributed by atoms with Gasteiger partial charge in [-0.05, 0) is 24.8 Å². The summed E-state index contributed by atoms with van der Waals surface area (Å²) in [5.74, 6) is 2.65. The van der Waals surface area contributed by atoms with E-state index in [4.69, 9.17) is 4.42 Å². The smallest absolute Gasteiger partial charge is 0.236 e. The minimum absolute atomic E-state index is 0.399. The molecule has 0 unspecified atom stereocenters. The lowest BCUT2D eigenvalue weighted by molar-refractivity contribution is 0.356. The van der Waals surface area contributed by atoms with Crippen LogP contribution in [0.5, 0.6) is 0 Å². The first-order chi connectivity index (χ1) is 10.8. The summed E-state index contributed by atoms with van der Waals surface area (Å²) in [5, 5.41) is 9.99. The molecule has 1 atom stereocenters. The summed E-state index contributed by atoms with van der Waals surface area (Å²) in [7, 11) is 0. The molecule has 1 aliphatic rings. The Labute approximate surface area is 132 Å². The van der Waals surface area contributed by atoms with E-state index in [9.17, 15) is 0 Å². The molecule has 114 valence electrons. The third-order valence-electron chi connectivity index (χ3n) is 3.82. The van der Waals surface area contributed by atoms with E-state index in [0.717, 1.165) is 41.6 Å². The second-order valence-corrected chi connectivity index (χ2v) is 6.44. The van der Waals surface area contributed by atoms with E-state index in [1.807, 2.05) is 29.1 Å². The summed E-state index contributed by atoms with van der Waals surface area (Å²) in [6.07, 6.45) is 3.78. The molecule has 0 amide bonds. The standard InChI is InChI=1S/C15H17N5OS/c1-10-17-14-5-4-11(8-20(14)19-10)16-7-12-9-21-15(18-12)13-3-2-6-22-13/h2-3,6,9,11,16H,4-5,7-8H2,1H3/t11-/m0/s1. The number of hydrogen-bond acceptors (Lipinski definition) is 6. The van der Waals surface area contributed by atoms with Crippen LogP contribution in [0.15, 0.2) is 28.2 Å². The van der Waals surface area contributed by atoms with Crippen molar-refractivity contribution in [1.82, 2.24) is 25.1 Å². The highest BCUT2D eigenvalue weighted by atomic mass is 32.1. The molecule has 3 aromatic rings. The fraction of sp³-hybridized carbons (Fsp3) is 0.400. The number of nitrogens with one attached hydrogen (secondary N) is 1. The predicted octanol–water partition coefficient (Wildman–Crippen LogP) is 2.41. The zero-order valence-electron chi connectivity index (χ0n) is 12.3. The van der Waals surface area contributed by atoms with Crippen molar-refractivity contribution in [2.24, 2.45) is 0 Å². The first-order valence-electron chi connectivity index (χ1n) is 7.40. The Balaban J connectivity index is 1.37. The van der Waals surface area contributed by atoms with Gasteiger partial charge in [-0.15, -0.1) is 11.3 Å². The molecule has 4 rings (SSSR count). The van der Waals surface area contributed by atoms with Crippen LogP contribution in [0.4, 0.5) is 0 Å². The van der Waals surface area contributed by atoms with Crippen LogP contribution >= 0.6 is 11.3 Å².